The number of fused-ring (bicyclic) bond motifs is 1. The van der Waals surface area contributed by atoms with Gasteiger partial charge in [-0.3, -0.25) is 34.5 Å². The van der Waals surface area contributed by atoms with Crippen molar-refractivity contribution in [3.8, 4) is 23.1 Å². The molecular weight excluding hydrogens is 642 g/mol. The van der Waals surface area contributed by atoms with Crippen LogP contribution in [0.2, 0.25) is 0 Å². The minimum Gasteiger partial charge on any atom is -0.374 e. The van der Waals surface area contributed by atoms with Crippen LogP contribution in [0, 0.1) is 25.7 Å². The third kappa shape index (κ3) is 7.50. The summed E-state index contributed by atoms with van der Waals surface area (Å²) in [6, 6.07) is 18.8. The number of anilines is 3. The van der Waals surface area contributed by atoms with Crippen molar-refractivity contribution in [1.82, 2.24) is 25.2 Å². The number of aryl methyl sites for hydroxylation is 4. The first-order chi connectivity index (χ1) is 24.5. The molecule has 1 aliphatic rings. The van der Waals surface area contributed by atoms with Crippen LogP contribution in [0.5, 0.6) is 0 Å². The smallest absolute Gasteiger partial charge is 0.270 e. The molecule has 0 radical (unpaired) electrons. The minimum atomic E-state index is -0.483. The van der Waals surface area contributed by atoms with Crippen LogP contribution >= 0.6 is 0 Å². The summed E-state index contributed by atoms with van der Waals surface area (Å²) in [5.41, 5.74) is 8.55. The Morgan fingerprint density at radius 1 is 1.02 bits per heavy atom. The number of carbonyl (C=O) groups excluding carboxylic acids is 3. The van der Waals surface area contributed by atoms with E-state index in [9.17, 15) is 19.2 Å². The van der Waals surface area contributed by atoms with E-state index in [4.69, 9.17) is 4.98 Å². The van der Waals surface area contributed by atoms with Gasteiger partial charge in [-0.25, -0.2) is 0 Å². The van der Waals surface area contributed by atoms with Crippen LogP contribution < -0.4 is 26.4 Å². The first kappa shape index (κ1) is 34.6. The molecule has 0 saturated carbocycles. The Morgan fingerprint density at radius 2 is 1.84 bits per heavy atom. The van der Waals surface area contributed by atoms with Gasteiger partial charge in [0.25, 0.3) is 11.5 Å². The van der Waals surface area contributed by atoms with Gasteiger partial charge in [0.1, 0.15) is 11.7 Å². The van der Waals surface area contributed by atoms with Gasteiger partial charge in [-0.15, -0.1) is 0 Å². The quantitative estimate of drug-likeness (QED) is 0.155. The number of nitrogens with one attached hydrogen (secondary N) is 3. The highest BCUT2D eigenvalue weighted by Gasteiger charge is 2.26. The lowest BCUT2D eigenvalue weighted by molar-refractivity contribution is -0.133. The summed E-state index contributed by atoms with van der Waals surface area (Å²) < 4.78 is 1.71. The maximum Gasteiger partial charge on any atom is 0.270 e. The van der Waals surface area contributed by atoms with E-state index in [-0.39, 0.29) is 29.8 Å². The summed E-state index contributed by atoms with van der Waals surface area (Å²) in [6.45, 7) is 5.89. The second-order valence-corrected chi connectivity index (χ2v) is 12.7. The molecule has 5 aromatic rings. The Balaban J connectivity index is 1.10. The van der Waals surface area contributed by atoms with E-state index in [2.05, 4.69) is 56.7 Å². The second-order valence-electron chi connectivity index (χ2n) is 12.7. The van der Waals surface area contributed by atoms with Crippen LogP contribution in [0.3, 0.4) is 0 Å². The minimum absolute atomic E-state index is 0.00228. The zero-order chi connectivity index (χ0) is 36.2. The summed E-state index contributed by atoms with van der Waals surface area (Å²) in [6.07, 6.45) is 5.01. The van der Waals surface area contributed by atoms with Gasteiger partial charge in [0.05, 0.1) is 35.3 Å². The SMILES string of the molecule is CCc1cc(N(C)c2ccc(-c3cnc(C(=O)NCC#Cc4cccc(NC5CCC(=O)NC5=O)c4)c(C)c3)nc2)c2cc(C)c(=O)n(C)c2c1. The number of aromatic nitrogens is 3. The lowest BCUT2D eigenvalue weighted by atomic mass is 10.0. The van der Waals surface area contributed by atoms with Crippen LogP contribution in [0.4, 0.5) is 17.1 Å². The fourth-order valence-corrected chi connectivity index (χ4v) is 6.16. The molecule has 1 saturated heterocycles. The molecule has 0 bridgehead atoms. The van der Waals surface area contributed by atoms with Gasteiger partial charge in [0.15, 0.2) is 0 Å². The molecule has 11 heteroatoms. The number of imide groups is 1. The molecule has 1 atom stereocenters. The topological polar surface area (TPSA) is 138 Å². The van der Waals surface area contributed by atoms with Crippen molar-refractivity contribution >= 4 is 45.7 Å². The highest BCUT2D eigenvalue weighted by atomic mass is 16.2. The van der Waals surface area contributed by atoms with Gasteiger partial charge < -0.3 is 20.1 Å². The maximum absolute atomic E-state index is 13.0. The molecule has 3 amide bonds. The third-order valence-electron chi connectivity index (χ3n) is 9.07. The summed E-state index contributed by atoms with van der Waals surface area (Å²) in [5, 5.41) is 9.29. The lowest BCUT2D eigenvalue weighted by Gasteiger charge is -2.23. The molecule has 3 aromatic heterocycles. The second kappa shape index (κ2) is 14.7. The molecule has 0 aliphatic carbocycles. The zero-order valence-electron chi connectivity index (χ0n) is 29.3. The van der Waals surface area contributed by atoms with Crippen LogP contribution in [-0.4, -0.2) is 51.9 Å². The first-order valence-electron chi connectivity index (χ1n) is 16.8. The molecule has 1 fully saturated rings. The van der Waals surface area contributed by atoms with E-state index in [0.717, 1.165) is 56.8 Å². The van der Waals surface area contributed by atoms with E-state index in [1.54, 1.807) is 10.8 Å². The van der Waals surface area contributed by atoms with Gasteiger partial charge in [-0.05, 0) is 92.4 Å². The van der Waals surface area contributed by atoms with Crippen molar-refractivity contribution in [2.24, 2.45) is 7.05 Å². The third-order valence-corrected chi connectivity index (χ3v) is 9.07. The molecule has 3 N–H and O–H groups in total. The Hall–Kier alpha value is -6.28. The number of hydrogen-bond donors (Lipinski definition) is 3. The highest BCUT2D eigenvalue weighted by Crippen LogP contribution is 2.33. The maximum atomic E-state index is 13.0. The van der Waals surface area contributed by atoms with E-state index in [1.807, 2.05) is 82.7 Å². The Labute approximate surface area is 296 Å². The van der Waals surface area contributed by atoms with E-state index < -0.39 is 6.04 Å². The first-order valence-corrected chi connectivity index (χ1v) is 16.8. The fourth-order valence-electron chi connectivity index (χ4n) is 6.16. The van der Waals surface area contributed by atoms with Crippen LogP contribution in [0.25, 0.3) is 22.2 Å². The summed E-state index contributed by atoms with van der Waals surface area (Å²) >= 11 is 0. The predicted molar refractivity (Wildman–Crippen MR) is 199 cm³/mol. The molecule has 0 spiro atoms. The number of amides is 3. The monoisotopic (exact) mass is 681 g/mol. The van der Waals surface area contributed by atoms with Crippen molar-refractivity contribution in [1.29, 1.82) is 0 Å². The standard InChI is InChI=1S/C40H39N7O4/c1-6-26-20-34(31-18-25(3)40(51)47(5)35(31)21-26)46(4)30-12-13-32(42-23-30)28-17-24(2)37(43-22-28)39(50)41-16-8-10-27-9-7-11-29(19-27)44-33-14-15-36(48)45-38(33)49/h7,9,11-13,17-23,33,44H,6,14-16H2,1-5H3,(H,41,50)(H,45,48,49). The van der Waals surface area contributed by atoms with Crippen molar-refractivity contribution in [3.05, 3.63) is 111 Å². The van der Waals surface area contributed by atoms with E-state index in [0.29, 0.717) is 29.7 Å². The molecule has 6 rings (SSSR count). The zero-order valence-corrected chi connectivity index (χ0v) is 29.3. The van der Waals surface area contributed by atoms with Gasteiger partial charge in [0, 0.05) is 54.5 Å². The molecule has 2 aromatic carbocycles. The van der Waals surface area contributed by atoms with Crippen LogP contribution in [-0.2, 0) is 23.1 Å². The van der Waals surface area contributed by atoms with Crippen LogP contribution in [0.15, 0.2) is 77.9 Å². The van der Waals surface area contributed by atoms with Crippen molar-refractivity contribution in [2.75, 3.05) is 23.8 Å². The van der Waals surface area contributed by atoms with Crippen molar-refractivity contribution in [2.45, 2.75) is 46.1 Å². The number of rotatable bonds is 8. The average Bonchev–Trinajstić information content (AvgIpc) is 3.13. The Bertz CT molecular complexity index is 2300. The highest BCUT2D eigenvalue weighted by molar-refractivity contribution is 6.01. The number of nitrogens with zero attached hydrogens (tertiary/aromatic N) is 4. The molecule has 1 aliphatic heterocycles. The van der Waals surface area contributed by atoms with E-state index >= 15 is 0 Å². The predicted octanol–water partition coefficient (Wildman–Crippen LogP) is 4.94. The fraction of sp³-hybridized carbons (Fsp3) is 0.250. The summed E-state index contributed by atoms with van der Waals surface area (Å²) in [5.74, 6) is 5.06. The number of hydrogen-bond acceptors (Lipinski definition) is 8. The molecule has 11 nitrogen and oxygen atoms in total. The van der Waals surface area contributed by atoms with Gasteiger partial charge in [0.2, 0.25) is 11.8 Å². The van der Waals surface area contributed by atoms with Gasteiger partial charge in [-0.2, -0.15) is 0 Å². The van der Waals surface area contributed by atoms with Crippen LogP contribution in [0.1, 0.15) is 52.5 Å². The summed E-state index contributed by atoms with van der Waals surface area (Å²) in [7, 11) is 3.80. The number of carbonyl (C=O) groups is 3. The number of benzene rings is 2. The van der Waals surface area contributed by atoms with Crippen molar-refractivity contribution < 1.29 is 14.4 Å². The lowest BCUT2D eigenvalue weighted by Crippen LogP contribution is -2.47. The van der Waals surface area contributed by atoms with Gasteiger partial charge >= 0.3 is 0 Å². The van der Waals surface area contributed by atoms with Crippen molar-refractivity contribution in [3.63, 3.8) is 0 Å². The summed E-state index contributed by atoms with van der Waals surface area (Å²) in [4.78, 5) is 60.4. The average molecular weight is 682 g/mol. The molecule has 4 heterocycles. The molecule has 258 valence electrons. The Kier molecular flexibility index (Phi) is 9.95. The van der Waals surface area contributed by atoms with E-state index in [1.165, 1.54) is 0 Å². The number of piperidine rings is 1. The number of pyridine rings is 3. The Morgan fingerprint density at radius 3 is 2.57 bits per heavy atom. The van der Waals surface area contributed by atoms with Gasteiger partial charge in [-0.1, -0.05) is 24.8 Å². The largest absolute Gasteiger partial charge is 0.374 e. The molecule has 1 unspecified atom stereocenters. The molecular formula is C40H39N7O4. The normalized spacial score (nSPS) is 14.0. The molecule has 51 heavy (non-hydrogen) atoms.